The summed E-state index contributed by atoms with van der Waals surface area (Å²) >= 11 is 4.77. The van der Waals surface area contributed by atoms with Gasteiger partial charge in [0.25, 0.3) is 5.69 Å². The third kappa shape index (κ3) is 3.42. The van der Waals surface area contributed by atoms with Crippen LogP contribution in [-0.2, 0) is 18.8 Å². The zero-order valence-corrected chi connectivity index (χ0v) is 13.7. The Morgan fingerprint density at radius 3 is 2.86 bits per heavy atom. The van der Waals surface area contributed by atoms with E-state index < -0.39 is 4.92 Å². The number of nitrogens with zero attached hydrogens (tertiary/aromatic N) is 4. The van der Waals surface area contributed by atoms with Crippen molar-refractivity contribution in [1.29, 1.82) is 0 Å². The smallest absolute Gasteiger partial charge is 0.283 e. The molecule has 0 unspecified atom stereocenters. The SMILES string of the molecule is CCn1c(CN)nnc1SCc1cccc([N+](=O)[O-])c1Br. The average Bonchev–Trinajstić information content (AvgIpc) is 2.87. The van der Waals surface area contributed by atoms with Crippen LogP contribution in [-0.4, -0.2) is 19.7 Å². The molecule has 21 heavy (non-hydrogen) atoms. The number of thioether (sulfide) groups is 1. The third-order valence-corrected chi connectivity index (χ3v) is 4.84. The molecule has 1 heterocycles. The molecule has 2 aromatic rings. The van der Waals surface area contributed by atoms with Crippen molar-refractivity contribution < 1.29 is 4.92 Å². The fraction of sp³-hybridized carbons (Fsp3) is 0.333. The Hall–Kier alpha value is -1.45. The summed E-state index contributed by atoms with van der Waals surface area (Å²) in [5.41, 5.74) is 6.51. The molecule has 112 valence electrons. The Labute approximate surface area is 134 Å². The Bertz CT molecular complexity index is 661. The minimum atomic E-state index is -0.403. The van der Waals surface area contributed by atoms with Crippen molar-refractivity contribution in [3.05, 3.63) is 44.2 Å². The first-order valence-electron chi connectivity index (χ1n) is 6.25. The van der Waals surface area contributed by atoms with Crippen LogP contribution in [0.2, 0.25) is 0 Å². The molecule has 1 aromatic carbocycles. The average molecular weight is 372 g/mol. The number of hydrogen-bond acceptors (Lipinski definition) is 6. The van der Waals surface area contributed by atoms with E-state index in [0.717, 1.165) is 23.1 Å². The first kappa shape index (κ1) is 15.9. The van der Waals surface area contributed by atoms with E-state index in [-0.39, 0.29) is 5.69 Å². The van der Waals surface area contributed by atoms with Gasteiger partial charge < -0.3 is 10.3 Å². The van der Waals surface area contributed by atoms with Crippen molar-refractivity contribution in [2.75, 3.05) is 0 Å². The van der Waals surface area contributed by atoms with E-state index >= 15 is 0 Å². The van der Waals surface area contributed by atoms with Crippen molar-refractivity contribution in [2.24, 2.45) is 5.73 Å². The molecule has 0 saturated carbocycles. The predicted molar refractivity (Wildman–Crippen MR) is 83.9 cm³/mol. The molecule has 2 rings (SSSR count). The first-order chi connectivity index (χ1) is 10.1. The van der Waals surface area contributed by atoms with Gasteiger partial charge in [0.15, 0.2) is 5.16 Å². The highest BCUT2D eigenvalue weighted by molar-refractivity contribution is 9.10. The molecule has 0 aliphatic carbocycles. The Morgan fingerprint density at radius 1 is 1.48 bits per heavy atom. The van der Waals surface area contributed by atoms with E-state index in [4.69, 9.17) is 5.73 Å². The van der Waals surface area contributed by atoms with Crippen molar-refractivity contribution in [2.45, 2.75) is 30.9 Å². The molecule has 0 aliphatic rings. The lowest BCUT2D eigenvalue weighted by molar-refractivity contribution is -0.385. The van der Waals surface area contributed by atoms with E-state index in [2.05, 4.69) is 26.1 Å². The van der Waals surface area contributed by atoms with Crippen LogP contribution in [0.15, 0.2) is 27.8 Å². The standard InChI is InChI=1S/C12H14BrN5O2S/c1-2-17-10(6-14)15-16-12(17)21-7-8-4-3-5-9(11(8)13)18(19)20/h3-5H,2,6-7,14H2,1H3. The molecule has 0 aliphatic heterocycles. The summed E-state index contributed by atoms with van der Waals surface area (Å²) in [4.78, 5) is 10.5. The lowest BCUT2D eigenvalue weighted by atomic mass is 10.2. The predicted octanol–water partition coefficient (Wildman–Crippen LogP) is 2.72. The molecule has 7 nitrogen and oxygen atoms in total. The molecule has 1 aromatic heterocycles. The van der Waals surface area contributed by atoms with Gasteiger partial charge in [-0.15, -0.1) is 10.2 Å². The van der Waals surface area contributed by atoms with Gasteiger partial charge in [-0.2, -0.15) is 0 Å². The number of benzene rings is 1. The van der Waals surface area contributed by atoms with Gasteiger partial charge in [-0.25, -0.2) is 0 Å². The van der Waals surface area contributed by atoms with Gasteiger partial charge in [0, 0.05) is 18.4 Å². The van der Waals surface area contributed by atoms with E-state index in [1.54, 1.807) is 6.07 Å². The van der Waals surface area contributed by atoms with E-state index in [1.807, 2.05) is 17.6 Å². The summed E-state index contributed by atoms with van der Waals surface area (Å²) < 4.78 is 2.44. The van der Waals surface area contributed by atoms with Gasteiger partial charge in [0.2, 0.25) is 0 Å². The van der Waals surface area contributed by atoms with Gasteiger partial charge in [0.05, 0.1) is 15.9 Å². The number of hydrogen-bond donors (Lipinski definition) is 1. The highest BCUT2D eigenvalue weighted by Crippen LogP contribution is 2.32. The van der Waals surface area contributed by atoms with Gasteiger partial charge in [0.1, 0.15) is 5.82 Å². The quantitative estimate of drug-likeness (QED) is 0.475. The first-order valence-corrected chi connectivity index (χ1v) is 8.03. The van der Waals surface area contributed by atoms with Gasteiger partial charge in [-0.1, -0.05) is 23.9 Å². The summed E-state index contributed by atoms with van der Waals surface area (Å²) in [7, 11) is 0. The zero-order valence-electron chi connectivity index (χ0n) is 11.3. The van der Waals surface area contributed by atoms with Crippen LogP contribution in [0.5, 0.6) is 0 Å². The molecular weight excluding hydrogens is 358 g/mol. The zero-order chi connectivity index (χ0) is 15.4. The molecule has 0 atom stereocenters. The number of nitrogens with two attached hydrogens (primary N) is 1. The van der Waals surface area contributed by atoms with Crippen LogP contribution in [0.25, 0.3) is 0 Å². The summed E-state index contributed by atoms with van der Waals surface area (Å²) in [5, 5.41) is 19.8. The molecule has 0 spiro atoms. The van der Waals surface area contributed by atoms with E-state index in [1.165, 1.54) is 17.8 Å². The molecular formula is C12H14BrN5O2S. The lowest BCUT2D eigenvalue weighted by Crippen LogP contribution is -2.08. The molecule has 0 saturated heterocycles. The van der Waals surface area contributed by atoms with Crippen molar-refractivity contribution in [3.8, 4) is 0 Å². The normalized spacial score (nSPS) is 10.8. The second kappa shape index (κ2) is 7.01. The van der Waals surface area contributed by atoms with Crippen LogP contribution in [0, 0.1) is 10.1 Å². The summed E-state index contributed by atoms with van der Waals surface area (Å²) in [6.45, 7) is 3.07. The molecule has 9 heteroatoms. The largest absolute Gasteiger partial charge is 0.324 e. The highest BCUT2D eigenvalue weighted by atomic mass is 79.9. The van der Waals surface area contributed by atoms with Crippen molar-refractivity contribution in [3.63, 3.8) is 0 Å². The van der Waals surface area contributed by atoms with Gasteiger partial charge in [-0.05, 0) is 28.4 Å². The maximum atomic E-state index is 10.9. The van der Waals surface area contributed by atoms with E-state index in [0.29, 0.717) is 16.8 Å². The maximum Gasteiger partial charge on any atom is 0.283 e. The fourth-order valence-electron chi connectivity index (χ4n) is 1.86. The highest BCUT2D eigenvalue weighted by Gasteiger charge is 2.16. The minimum Gasteiger partial charge on any atom is -0.324 e. The maximum absolute atomic E-state index is 10.9. The monoisotopic (exact) mass is 371 g/mol. The van der Waals surface area contributed by atoms with Crippen LogP contribution >= 0.6 is 27.7 Å². The Kier molecular flexibility index (Phi) is 5.32. The Morgan fingerprint density at radius 2 is 2.24 bits per heavy atom. The summed E-state index contributed by atoms with van der Waals surface area (Å²) in [6.07, 6.45) is 0. The minimum absolute atomic E-state index is 0.0627. The summed E-state index contributed by atoms with van der Waals surface area (Å²) in [6, 6.07) is 4.99. The van der Waals surface area contributed by atoms with Gasteiger partial charge >= 0.3 is 0 Å². The third-order valence-electron chi connectivity index (χ3n) is 2.90. The van der Waals surface area contributed by atoms with E-state index in [9.17, 15) is 10.1 Å². The lowest BCUT2D eigenvalue weighted by Gasteiger charge is -2.07. The number of aromatic nitrogens is 3. The van der Waals surface area contributed by atoms with Crippen molar-refractivity contribution in [1.82, 2.24) is 14.8 Å². The van der Waals surface area contributed by atoms with Gasteiger partial charge in [-0.3, -0.25) is 10.1 Å². The number of nitro benzene ring substituents is 1. The van der Waals surface area contributed by atoms with Crippen LogP contribution in [0.4, 0.5) is 5.69 Å². The van der Waals surface area contributed by atoms with Crippen LogP contribution in [0.3, 0.4) is 0 Å². The van der Waals surface area contributed by atoms with Crippen LogP contribution in [0.1, 0.15) is 18.3 Å². The Balaban J connectivity index is 2.19. The topological polar surface area (TPSA) is 99.9 Å². The second-order valence-electron chi connectivity index (χ2n) is 4.14. The number of halogens is 1. The number of rotatable bonds is 6. The molecule has 0 bridgehead atoms. The fourth-order valence-corrected chi connectivity index (χ4v) is 3.60. The van der Waals surface area contributed by atoms with Crippen molar-refractivity contribution >= 4 is 33.4 Å². The molecule has 0 amide bonds. The molecule has 0 radical (unpaired) electrons. The summed E-state index contributed by atoms with van der Waals surface area (Å²) in [5.74, 6) is 1.29. The molecule has 0 fully saturated rings. The van der Waals surface area contributed by atoms with Crippen LogP contribution < -0.4 is 5.73 Å². The molecule has 2 N–H and O–H groups in total. The number of nitro groups is 1. The second-order valence-corrected chi connectivity index (χ2v) is 5.88.